The molecule has 0 aliphatic heterocycles. The summed E-state index contributed by atoms with van der Waals surface area (Å²) in [7, 11) is 1.63. The molecule has 1 amide bonds. The van der Waals surface area contributed by atoms with Crippen molar-refractivity contribution in [2.45, 2.75) is 13.0 Å². The van der Waals surface area contributed by atoms with E-state index >= 15 is 0 Å². The lowest BCUT2D eigenvalue weighted by Gasteiger charge is -2.14. The van der Waals surface area contributed by atoms with E-state index in [9.17, 15) is 4.79 Å². The Bertz CT molecular complexity index is 661. The van der Waals surface area contributed by atoms with E-state index in [-0.39, 0.29) is 11.9 Å². The topological polar surface area (TPSA) is 47.6 Å². The summed E-state index contributed by atoms with van der Waals surface area (Å²) in [5.74, 6) is 2.82. The third-order valence-corrected chi connectivity index (χ3v) is 4.99. The number of halogens is 1. The minimum absolute atomic E-state index is 0.00301. The number of carbonyl (C=O) groups is 1. The summed E-state index contributed by atoms with van der Waals surface area (Å²) in [6.07, 6.45) is 0. The molecule has 4 nitrogen and oxygen atoms in total. The van der Waals surface area contributed by atoms with Crippen LogP contribution in [0.4, 0.5) is 0 Å². The number of nitrogens with one attached hydrogen (secondary N) is 1. The van der Waals surface area contributed by atoms with Crippen LogP contribution >= 0.6 is 27.7 Å². The molecule has 1 unspecified atom stereocenters. The highest BCUT2D eigenvalue weighted by Gasteiger charge is 2.09. The van der Waals surface area contributed by atoms with Gasteiger partial charge in [0.15, 0.2) is 0 Å². The molecule has 0 radical (unpaired) electrons. The molecular formula is C19H22BrNO3S. The van der Waals surface area contributed by atoms with Crippen LogP contribution < -0.4 is 14.8 Å². The number of amides is 1. The first-order valence-corrected chi connectivity index (χ1v) is 9.92. The van der Waals surface area contributed by atoms with Gasteiger partial charge in [-0.15, -0.1) is 11.8 Å². The van der Waals surface area contributed by atoms with Gasteiger partial charge in [0.05, 0.1) is 25.5 Å². The zero-order valence-corrected chi connectivity index (χ0v) is 16.7. The van der Waals surface area contributed by atoms with Crippen molar-refractivity contribution in [3.8, 4) is 11.5 Å². The highest BCUT2D eigenvalue weighted by Crippen LogP contribution is 2.18. The average Bonchev–Trinajstić information content (AvgIpc) is 2.62. The van der Waals surface area contributed by atoms with E-state index in [1.54, 1.807) is 18.9 Å². The molecule has 2 rings (SSSR count). The number of methoxy groups -OCH3 is 1. The molecule has 25 heavy (non-hydrogen) atoms. The SMILES string of the molecule is COc1ccc(OCCSCC(=O)NC(C)c2ccc(Br)cc2)cc1. The van der Waals surface area contributed by atoms with E-state index in [1.165, 1.54) is 0 Å². The quantitative estimate of drug-likeness (QED) is 0.605. The fraction of sp³-hybridized carbons (Fsp3) is 0.316. The second-order valence-electron chi connectivity index (χ2n) is 5.42. The average molecular weight is 424 g/mol. The molecule has 0 aromatic heterocycles. The maximum atomic E-state index is 12.0. The summed E-state index contributed by atoms with van der Waals surface area (Å²) in [6.45, 7) is 2.55. The maximum absolute atomic E-state index is 12.0. The van der Waals surface area contributed by atoms with Crippen molar-refractivity contribution in [2.75, 3.05) is 25.2 Å². The number of ether oxygens (including phenoxy) is 2. The molecule has 0 fully saturated rings. The minimum Gasteiger partial charge on any atom is -0.497 e. The zero-order chi connectivity index (χ0) is 18.1. The van der Waals surface area contributed by atoms with Gasteiger partial charge in [-0.3, -0.25) is 4.79 Å². The first-order valence-electron chi connectivity index (χ1n) is 7.98. The Balaban J connectivity index is 1.62. The van der Waals surface area contributed by atoms with Gasteiger partial charge in [-0.05, 0) is 48.9 Å². The van der Waals surface area contributed by atoms with Gasteiger partial charge in [0, 0.05) is 10.2 Å². The fourth-order valence-electron chi connectivity index (χ4n) is 2.17. The van der Waals surface area contributed by atoms with E-state index in [2.05, 4.69) is 21.2 Å². The largest absolute Gasteiger partial charge is 0.497 e. The van der Waals surface area contributed by atoms with E-state index < -0.39 is 0 Å². The van der Waals surface area contributed by atoms with E-state index in [0.29, 0.717) is 12.4 Å². The Hall–Kier alpha value is -1.66. The van der Waals surface area contributed by atoms with Gasteiger partial charge >= 0.3 is 0 Å². The molecule has 0 saturated heterocycles. The zero-order valence-electron chi connectivity index (χ0n) is 14.3. The monoisotopic (exact) mass is 423 g/mol. The molecule has 0 aliphatic carbocycles. The number of rotatable bonds is 9. The van der Waals surface area contributed by atoms with Crippen LogP contribution in [0.2, 0.25) is 0 Å². The highest BCUT2D eigenvalue weighted by atomic mass is 79.9. The van der Waals surface area contributed by atoms with E-state index in [4.69, 9.17) is 9.47 Å². The van der Waals surface area contributed by atoms with Crippen LogP contribution in [0.3, 0.4) is 0 Å². The molecule has 1 atom stereocenters. The molecule has 0 spiro atoms. The normalized spacial score (nSPS) is 11.6. The van der Waals surface area contributed by atoms with Crippen molar-refractivity contribution in [3.05, 3.63) is 58.6 Å². The summed E-state index contributed by atoms with van der Waals surface area (Å²) in [5, 5.41) is 3.01. The number of benzene rings is 2. The van der Waals surface area contributed by atoms with Crippen molar-refractivity contribution in [1.29, 1.82) is 0 Å². The van der Waals surface area contributed by atoms with Crippen LogP contribution in [-0.2, 0) is 4.79 Å². The summed E-state index contributed by atoms with van der Waals surface area (Å²) in [4.78, 5) is 12.0. The third-order valence-electron chi connectivity index (χ3n) is 3.54. The van der Waals surface area contributed by atoms with Crippen LogP contribution in [0.5, 0.6) is 11.5 Å². The van der Waals surface area contributed by atoms with Crippen molar-refractivity contribution >= 4 is 33.6 Å². The van der Waals surface area contributed by atoms with Gasteiger partial charge in [0.1, 0.15) is 11.5 Å². The molecule has 2 aromatic rings. The molecular weight excluding hydrogens is 402 g/mol. The molecule has 1 N–H and O–H groups in total. The lowest BCUT2D eigenvalue weighted by atomic mass is 10.1. The number of hydrogen-bond donors (Lipinski definition) is 1. The predicted molar refractivity (Wildman–Crippen MR) is 107 cm³/mol. The number of thioether (sulfide) groups is 1. The highest BCUT2D eigenvalue weighted by molar-refractivity contribution is 9.10. The van der Waals surface area contributed by atoms with Crippen LogP contribution in [-0.4, -0.2) is 31.1 Å². The van der Waals surface area contributed by atoms with Crippen molar-refractivity contribution in [3.63, 3.8) is 0 Å². The molecule has 0 heterocycles. The molecule has 2 aromatic carbocycles. The van der Waals surface area contributed by atoms with Crippen molar-refractivity contribution < 1.29 is 14.3 Å². The van der Waals surface area contributed by atoms with Gasteiger partial charge in [-0.25, -0.2) is 0 Å². The van der Waals surface area contributed by atoms with E-state index in [0.717, 1.165) is 27.3 Å². The van der Waals surface area contributed by atoms with Gasteiger partial charge in [-0.1, -0.05) is 28.1 Å². The molecule has 6 heteroatoms. The molecule has 0 bridgehead atoms. The second kappa shape index (κ2) is 10.4. The minimum atomic E-state index is -0.00301. The number of carbonyl (C=O) groups excluding carboxylic acids is 1. The third kappa shape index (κ3) is 7.00. The summed E-state index contributed by atoms with van der Waals surface area (Å²) >= 11 is 4.97. The molecule has 0 saturated carbocycles. The Morgan fingerprint density at radius 1 is 1.12 bits per heavy atom. The standard InChI is InChI=1S/C19H22BrNO3S/c1-14(15-3-5-16(20)6-4-15)21-19(22)13-25-12-11-24-18-9-7-17(23-2)8-10-18/h3-10,14H,11-13H2,1-2H3,(H,21,22). The lowest BCUT2D eigenvalue weighted by Crippen LogP contribution is -2.28. The van der Waals surface area contributed by atoms with Crippen molar-refractivity contribution in [2.24, 2.45) is 0 Å². The summed E-state index contributed by atoms with van der Waals surface area (Å²) in [6, 6.07) is 15.4. The van der Waals surface area contributed by atoms with Gasteiger partial charge in [0.25, 0.3) is 0 Å². The maximum Gasteiger partial charge on any atom is 0.230 e. The summed E-state index contributed by atoms with van der Waals surface area (Å²) < 4.78 is 11.8. The van der Waals surface area contributed by atoms with Gasteiger partial charge in [0.2, 0.25) is 5.91 Å². The number of hydrogen-bond acceptors (Lipinski definition) is 4. The second-order valence-corrected chi connectivity index (χ2v) is 7.44. The first-order chi connectivity index (χ1) is 12.1. The Morgan fingerprint density at radius 3 is 2.40 bits per heavy atom. The van der Waals surface area contributed by atoms with Crippen LogP contribution in [0.1, 0.15) is 18.5 Å². The smallest absolute Gasteiger partial charge is 0.230 e. The Morgan fingerprint density at radius 2 is 1.76 bits per heavy atom. The van der Waals surface area contributed by atoms with Gasteiger partial charge < -0.3 is 14.8 Å². The molecule has 0 aliphatic rings. The molecule has 134 valence electrons. The summed E-state index contributed by atoms with van der Waals surface area (Å²) in [5.41, 5.74) is 1.09. The lowest BCUT2D eigenvalue weighted by molar-refractivity contribution is -0.119. The van der Waals surface area contributed by atoms with E-state index in [1.807, 2.05) is 55.5 Å². The van der Waals surface area contributed by atoms with Gasteiger partial charge in [-0.2, -0.15) is 0 Å². The van der Waals surface area contributed by atoms with Crippen LogP contribution in [0.15, 0.2) is 53.0 Å². The first kappa shape index (κ1) is 19.7. The Kier molecular flexibility index (Phi) is 8.15. The fourth-order valence-corrected chi connectivity index (χ4v) is 3.05. The Labute approximate surface area is 161 Å². The van der Waals surface area contributed by atoms with Crippen molar-refractivity contribution in [1.82, 2.24) is 5.32 Å². The van der Waals surface area contributed by atoms with Crippen LogP contribution in [0, 0.1) is 0 Å². The van der Waals surface area contributed by atoms with Crippen LogP contribution in [0.25, 0.3) is 0 Å². The predicted octanol–water partition coefficient (Wildman–Crippen LogP) is 4.45.